The van der Waals surface area contributed by atoms with Gasteiger partial charge in [0.25, 0.3) is 0 Å². The monoisotopic (exact) mass is 360 g/mol. The van der Waals surface area contributed by atoms with Gasteiger partial charge in [0.15, 0.2) is 5.78 Å². The molecule has 2 rings (SSSR count). The van der Waals surface area contributed by atoms with Crippen molar-refractivity contribution >= 4 is 18.0 Å². The minimum absolute atomic E-state index is 0.0340. The van der Waals surface area contributed by atoms with E-state index >= 15 is 0 Å². The van der Waals surface area contributed by atoms with Crippen molar-refractivity contribution in [2.45, 2.75) is 37.9 Å². The van der Waals surface area contributed by atoms with Gasteiger partial charge in [-0.15, -0.1) is 0 Å². The van der Waals surface area contributed by atoms with E-state index in [0.717, 1.165) is 18.2 Å². The van der Waals surface area contributed by atoms with Crippen LogP contribution in [0.25, 0.3) is 0 Å². The van der Waals surface area contributed by atoms with Crippen LogP contribution in [-0.4, -0.2) is 38.7 Å². The molecule has 1 aromatic rings. The highest BCUT2D eigenvalue weighted by molar-refractivity contribution is 6.09. The zero-order chi connectivity index (χ0) is 19.0. The van der Waals surface area contributed by atoms with Gasteiger partial charge in [-0.05, 0) is 24.1 Å². The maximum atomic E-state index is 12.9. The van der Waals surface area contributed by atoms with E-state index in [-0.39, 0.29) is 29.0 Å². The lowest BCUT2D eigenvalue weighted by Gasteiger charge is -2.36. The Balaban J connectivity index is 2.54. The van der Waals surface area contributed by atoms with Crippen LogP contribution in [0.2, 0.25) is 0 Å². The van der Waals surface area contributed by atoms with Crippen molar-refractivity contribution in [3.63, 3.8) is 0 Å². The third-order valence-corrected chi connectivity index (χ3v) is 4.07. The molecule has 1 unspecified atom stereocenters. The Labute approximate surface area is 140 Å². The molecule has 0 spiro atoms. The molecule has 0 saturated carbocycles. The van der Waals surface area contributed by atoms with Crippen LogP contribution in [-0.2, 0) is 12.6 Å². The van der Waals surface area contributed by atoms with Crippen LogP contribution in [0.4, 0.5) is 22.8 Å². The van der Waals surface area contributed by atoms with Crippen LogP contribution >= 0.6 is 0 Å². The van der Waals surface area contributed by atoms with Crippen molar-refractivity contribution in [2.24, 2.45) is 0 Å². The molecule has 0 aromatic heterocycles. The average molecular weight is 360 g/mol. The molecule has 1 aliphatic carbocycles. The molecular weight excluding hydrogens is 345 g/mol. The van der Waals surface area contributed by atoms with Crippen LogP contribution in [0, 0.1) is 0 Å². The number of hydrogen-bond acceptors (Lipinski definition) is 3. The van der Waals surface area contributed by atoms with Gasteiger partial charge >= 0.3 is 18.4 Å². The zero-order valence-corrected chi connectivity index (χ0v) is 13.1. The second-order valence-electron chi connectivity index (χ2n) is 5.69. The van der Waals surface area contributed by atoms with Crippen molar-refractivity contribution in [2.75, 3.05) is 0 Å². The Kier molecular flexibility index (Phi) is 4.65. The SMILES string of the molecule is CCCC1(N(NC(=O)O)C(=O)O)Cc2cc(C(F)(F)F)ccc2C1=O. The lowest BCUT2D eigenvalue weighted by atomic mass is 9.88. The summed E-state index contributed by atoms with van der Waals surface area (Å²) in [5.41, 5.74) is -1.12. The topological polar surface area (TPSA) is 107 Å². The molecule has 0 bridgehead atoms. The molecule has 1 aliphatic rings. The Morgan fingerprint density at radius 1 is 1.32 bits per heavy atom. The number of alkyl halides is 3. The first-order chi connectivity index (χ1) is 11.5. The molecule has 0 radical (unpaired) electrons. The Morgan fingerprint density at radius 2 is 1.96 bits per heavy atom. The fourth-order valence-electron chi connectivity index (χ4n) is 3.13. The number of benzene rings is 1. The summed E-state index contributed by atoms with van der Waals surface area (Å²) in [6, 6.07) is 2.54. The minimum atomic E-state index is -4.61. The number of halogens is 3. The summed E-state index contributed by atoms with van der Waals surface area (Å²) in [5.74, 6) is -0.728. The highest BCUT2D eigenvalue weighted by atomic mass is 19.4. The second-order valence-corrected chi connectivity index (χ2v) is 5.69. The summed E-state index contributed by atoms with van der Waals surface area (Å²) in [4.78, 5) is 35.2. The lowest BCUT2D eigenvalue weighted by Crippen LogP contribution is -2.62. The van der Waals surface area contributed by atoms with Crippen molar-refractivity contribution < 1.29 is 37.8 Å². The fraction of sp³-hybridized carbons (Fsp3) is 0.400. The van der Waals surface area contributed by atoms with E-state index in [1.165, 1.54) is 0 Å². The number of rotatable bonds is 3. The van der Waals surface area contributed by atoms with E-state index in [0.29, 0.717) is 6.42 Å². The second kappa shape index (κ2) is 6.26. The predicted octanol–water partition coefficient (Wildman–Crippen LogP) is 3.15. The summed E-state index contributed by atoms with van der Waals surface area (Å²) in [5, 5.41) is 18.4. The number of fused-ring (bicyclic) bond motifs is 1. The molecular formula is C15H15F3N2O5. The van der Waals surface area contributed by atoms with Gasteiger partial charge in [0, 0.05) is 12.0 Å². The Bertz CT molecular complexity index is 734. The van der Waals surface area contributed by atoms with Crippen LogP contribution in [0.15, 0.2) is 18.2 Å². The van der Waals surface area contributed by atoms with E-state index < -0.39 is 35.2 Å². The third-order valence-electron chi connectivity index (χ3n) is 4.07. The standard InChI is InChI=1S/C15H15F3N2O5/c1-2-5-14(20(13(24)25)19-12(22)23)7-8-6-9(15(16,17)18)3-4-10(8)11(14)21/h3-4,6,19H,2,5,7H2,1H3,(H,22,23)(H,24,25). The molecule has 3 N–H and O–H groups in total. The highest BCUT2D eigenvalue weighted by Gasteiger charge is 2.52. The summed E-state index contributed by atoms with van der Waals surface area (Å²) in [6.45, 7) is 1.65. The summed E-state index contributed by atoms with van der Waals surface area (Å²) in [7, 11) is 0. The molecule has 0 fully saturated rings. The minimum Gasteiger partial charge on any atom is -0.464 e. The van der Waals surface area contributed by atoms with Crippen LogP contribution in [0.1, 0.15) is 41.3 Å². The molecule has 2 amide bonds. The Morgan fingerprint density at radius 3 is 2.44 bits per heavy atom. The van der Waals surface area contributed by atoms with Crippen molar-refractivity contribution in [1.82, 2.24) is 10.4 Å². The van der Waals surface area contributed by atoms with E-state index in [1.807, 2.05) is 0 Å². The number of nitrogens with zero attached hydrogens (tertiary/aromatic N) is 1. The molecule has 1 atom stereocenters. The smallest absolute Gasteiger partial charge is 0.427 e. The molecule has 10 heteroatoms. The number of nitrogens with one attached hydrogen (secondary N) is 1. The van der Waals surface area contributed by atoms with Crippen LogP contribution in [0.5, 0.6) is 0 Å². The molecule has 136 valence electrons. The fourth-order valence-corrected chi connectivity index (χ4v) is 3.13. The van der Waals surface area contributed by atoms with Gasteiger partial charge in [-0.3, -0.25) is 4.79 Å². The van der Waals surface area contributed by atoms with E-state index in [9.17, 15) is 32.7 Å². The number of carbonyl (C=O) groups excluding carboxylic acids is 1. The highest BCUT2D eigenvalue weighted by Crippen LogP contribution is 2.40. The number of carbonyl (C=O) groups is 3. The number of amides is 2. The number of Topliss-reactive ketones (excluding diaryl/α,β-unsaturated/α-hetero) is 1. The summed E-state index contributed by atoms with van der Waals surface area (Å²) < 4.78 is 38.6. The number of hydrogen-bond donors (Lipinski definition) is 3. The maximum absolute atomic E-state index is 12.9. The zero-order valence-electron chi connectivity index (χ0n) is 13.1. The largest absolute Gasteiger partial charge is 0.464 e. The van der Waals surface area contributed by atoms with Crippen LogP contribution < -0.4 is 5.43 Å². The molecule has 0 heterocycles. The maximum Gasteiger partial charge on any atom is 0.427 e. The first kappa shape index (κ1) is 18.6. The normalized spacial score (nSPS) is 19.4. The van der Waals surface area contributed by atoms with Gasteiger partial charge in [-0.1, -0.05) is 19.4 Å². The van der Waals surface area contributed by atoms with E-state index in [2.05, 4.69) is 0 Å². The molecule has 0 saturated heterocycles. The molecule has 0 aliphatic heterocycles. The van der Waals surface area contributed by atoms with Gasteiger partial charge in [0.05, 0.1) is 5.56 Å². The average Bonchev–Trinajstić information content (AvgIpc) is 2.77. The van der Waals surface area contributed by atoms with E-state index in [4.69, 9.17) is 5.11 Å². The van der Waals surface area contributed by atoms with Crippen molar-refractivity contribution in [3.05, 3.63) is 34.9 Å². The number of carboxylic acid groups (broad SMARTS) is 2. The van der Waals surface area contributed by atoms with E-state index in [1.54, 1.807) is 12.3 Å². The molecule has 1 aromatic carbocycles. The van der Waals surface area contributed by atoms with Crippen LogP contribution in [0.3, 0.4) is 0 Å². The third kappa shape index (κ3) is 3.24. The number of ketones is 1. The summed E-state index contributed by atoms with van der Waals surface area (Å²) in [6.07, 6.45) is -8.10. The van der Waals surface area contributed by atoms with Crippen molar-refractivity contribution in [1.29, 1.82) is 0 Å². The number of hydrazine groups is 1. The van der Waals surface area contributed by atoms with Gasteiger partial charge in [-0.2, -0.15) is 13.2 Å². The first-order valence-corrected chi connectivity index (χ1v) is 7.30. The molecule has 25 heavy (non-hydrogen) atoms. The van der Waals surface area contributed by atoms with Crippen molar-refractivity contribution in [3.8, 4) is 0 Å². The van der Waals surface area contributed by atoms with Gasteiger partial charge in [-0.25, -0.2) is 20.0 Å². The van der Waals surface area contributed by atoms with Gasteiger partial charge < -0.3 is 10.2 Å². The predicted molar refractivity (Wildman–Crippen MR) is 78.1 cm³/mol. The lowest BCUT2D eigenvalue weighted by molar-refractivity contribution is -0.137. The quantitative estimate of drug-likeness (QED) is 0.718. The van der Waals surface area contributed by atoms with Gasteiger partial charge in [0.2, 0.25) is 0 Å². The first-order valence-electron chi connectivity index (χ1n) is 7.30. The summed E-state index contributed by atoms with van der Waals surface area (Å²) >= 11 is 0. The van der Waals surface area contributed by atoms with Gasteiger partial charge in [0.1, 0.15) is 5.54 Å². The Hall–Kier alpha value is -2.78. The molecule has 7 nitrogen and oxygen atoms in total.